The molecule has 2 N–H and O–H groups in total. The van der Waals surface area contributed by atoms with Crippen molar-refractivity contribution in [2.45, 2.75) is 18.8 Å². The smallest absolute Gasteiger partial charge is 0.371 e. The first-order valence-electron chi connectivity index (χ1n) is 3.67. The highest BCUT2D eigenvalue weighted by atomic mass is 127. The lowest BCUT2D eigenvalue weighted by Crippen LogP contribution is -1.98. The van der Waals surface area contributed by atoms with Crippen molar-refractivity contribution in [3.8, 4) is 0 Å². The minimum atomic E-state index is -0.986. The molecule has 0 bridgehead atoms. The van der Waals surface area contributed by atoms with Crippen LogP contribution >= 0.6 is 22.6 Å². The Hall–Kier alpha value is -0.590. The van der Waals surface area contributed by atoms with Crippen LogP contribution in [0, 0.1) is 3.70 Å². The molecule has 0 spiro atoms. The maximum atomic E-state index is 10.5. The molecule has 1 aliphatic carbocycles. The Labute approximate surface area is 82.5 Å². The number of hydrogen-bond acceptors (Lipinski definition) is 2. The van der Waals surface area contributed by atoms with Crippen molar-refractivity contribution in [2.75, 3.05) is 0 Å². The summed E-state index contributed by atoms with van der Waals surface area (Å²) in [6, 6.07) is 0. The first-order valence-corrected chi connectivity index (χ1v) is 4.75. The van der Waals surface area contributed by atoms with Crippen molar-refractivity contribution in [1.29, 1.82) is 0 Å². The molecule has 1 heterocycles. The highest BCUT2D eigenvalue weighted by Gasteiger charge is 2.29. The number of carboxylic acid groups (broad SMARTS) is 1. The van der Waals surface area contributed by atoms with Gasteiger partial charge in [-0.05, 0) is 35.4 Å². The van der Waals surface area contributed by atoms with Gasteiger partial charge < -0.3 is 10.1 Å². The van der Waals surface area contributed by atoms with Crippen molar-refractivity contribution >= 4 is 28.6 Å². The third-order valence-electron chi connectivity index (χ3n) is 1.87. The molecule has 64 valence electrons. The molecular weight excluding hydrogens is 271 g/mol. The molecule has 0 saturated heterocycles. The number of carbonyl (C=O) groups is 1. The van der Waals surface area contributed by atoms with E-state index in [0.29, 0.717) is 5.92 Å². The lowest BCUT2D eigenvalue weighted by atomic mass is 10.3. The molecule has 0 aliphatic heterocycles. The van der Waals surface area contributed by atoms with Crippen LogP contribution in [0.3, 0.4) is 0 Å². The van der Waals surface area contributed by atoms with Crippen LogP contribution in [0.25, 0.3) is 0 Å². The van der Waals surface area contributed by atoms with E-state index in [1.807, 2.05) is 0 Å². The Morgan fingerprint density at radius 2 is 2.33 bits per heavy atom. The zero-order chi connectivity index (χ0) is 8.72. The van der Waals surface area contributed by atoms with Crippen LogP contribution in [0.1, 0.15) is 35.1 Å². The first-order chi connectivity index (χ1) is 5.68. The summed E-state index contributed by atoms with van der Waals surface area (Å²) in [6.45, 7) is 0. The molecule has 0 atom stereocenters. The van der Waals surface area contributed by atoms with Crippen molar-refractivity contribution < 1.29 is 9.90 Å². The topological polar surface area (TPSA) is 66.0 Å². The second-order valence-corrected chi connectivity index (χ2v) is 3.89. The van der Waals surface area contributed by atoms with Crippen LogP contribution < -0.4 is 0 Å². The largest absolute Gasteiger partial charge is 0.475 e. The number of hydrogen-bond donors (Lipinski definition) is 2. The molecule has 0 amide bonds. The number of rotatable bonds is 2. The van der Waals surface area contributed by atoms with Gasteiger partial charge >= 0.3 is 5.97 Å². The summed E-state index contributed by atoms with van der Waals surface area (Å²) >= 11 is 2.06. The lowest BCUT2D eigenvalue weighted by molar-refractivity contribution is 0.0684. The maximum Gasteiger partial charge on any atom is 0.371 e. The number of aromatic carboxylic acids is 1. The van der Waals surface area contributed by atoms with Crippen LogP contribution in [0.15, 0.2) is 0 Å². The summed E-state index contributed by atoms with van der Waals surface area (Å²) < 4.78 is 0.799. The molecule has 2 rings (SSSR count). The van der Waals surface area contributed by atoms with Crippen LogP contribution in [-0.4, -0.2) is 21.0 Å². The van der Waals surface area contributed by atoms with E-state index in [1.165, 1.54) is 0 Å². The molecule has 1 aliphatic rings. The molecule has 5 heteroatoms. The summed E-state index contributed by atoms with van der Waals surface area (Å²) in [5, 5.41) is 8.63. The van der Waals surface area contributed by atoms with Gasteiger partial charge in [-0.3, -0.25) is 0 Å². The van der Waals surface area contributed by atoms with Crippen molar-refractivity contribution in [2.24, 2.45) is 0 Å². The highest BCUT2D eigenvalue weighted by Crippen LogP contribution is 2.40. The third-order valence-corrected chi connectivity index (χ3v) is 2.70. The number of halogens is 1. The molecule has 1 fully saturated rings. The molecule has 1 saturated carbocycles. The fraction of sp³-hybridized carbons (Fsp3) is 0.429. The van der Waals surface area contributed by atoms with Crippen molar-refractivity contribution in [3.05, 3.63) is 15.2 Å². The van der Waals surface area contributed by atoms with Gasteiger partial charge in [0.05, 0.1) is 5.69 Å². The summed E-state index contributed by atoms with van der Waals surface area (Å²) in [7, 11) is 0. The van der Waals surface area contributed by atoms with Crippen LogP contribution in [0.2, 0.25) is 0 Å². The number of nitrogens with one attached hydrogen (secondary N) is 1. The SMILES string of the molecule is O=C(O)c1nc(I)c(C2CC2)[nH]1. The Kier molecular flexibility index (Phi) is 1.82. The van der Waals surface area contributed by atoms with E-state index in [0.717, 1.165) is 22.2 Å². The predicted octanol–water partition coefficient (Wildman–Crippen LogP) is 1.59. The molecule has 1 aromatic heterocycles. The summed E-state index contributed by atoms with van der Waals surface area (Å²) in [5.74, 6) is -0.404. The molecule has 4 nitrogen and oxygen atoms in total. The van der Waals surface area contributed by atoms with Gasteiger partial charge in [0.1, 0.15) is 3.70 Å². The van der Waals surface area contributed by atoms with E-state index in [-0.39, 0.29) is 5.82 Å². The Balaban J connectivity index is 2.36. The van der Waals surface area contributed by atoms with E-state index in [9.17, 15) is 4.79 Å². The zero-order valence-corrected chi connectivity index (χ0v) is 8.33. The van der Waals surface area contributed by atoms with Crippen molar-refractivity contribution in [1.82, 2.24) is 9.97 Å². The first kappa shape index (κ1) is 8.03. The van der Waals surface area contributed by atoms with Gasteiger partial charge in [0, 0.05) is 5.92 Å². The van der Waals surface area contributed by atoms with Gasteiger partial charge in [-0.15, -0.1) is 0 Å². The van der Waals surface area contributed by atoms with Gasteiger partial charge in [0.25, 0.3) is 0 Å². The fourth-order valence-corrected chi connectivity index (χ4v) is 1.93. The second-order valence-electron chi connectivity index (χ2n) is 2.87. The van der Waals surface area contributed by atoms with Crippen LogP contribution in [-0.2, 0) is 0 Å². The molecule has 0 unspecified atom stereocenters. The summed E-state index contributed by atoms with van der Waals surface area (Å²) in [6.07, 6.45) is 2.30. The quantitative estimate of drug-likeness (QED) is 0.807. The standard InChI is InChI=1S/C7H7IN2O2/c8-5-4(3-1-2-3)9-6(10-5)7(11)12/h3H,1-2H2,(H,9,10)(H,11,12). The third kappa shape index (κ3) is 1.33. The normalized spacial score (nSPS) is 16.4. The van der Waals surface area contributed by atoms with Gasteiger partial charge in [0.15, 0.2) is 0 Å². The maximum absolute atomic E-state index is 10.5. The minimum absolute atomic E-state index is 0.0568. The van der Waals surface area contributed by atoms with Gasteiger partial charge in [-0.1, -0.05) is 0 Å². The monoisotopic (exact) mass is 278 g/mol. The lowest BCUT2D eigenvalue weighted by Gasteiger charge is -1.89. The molecule has 0 aromatic carbocycles. The Morgan fingerprint density at radius 3 is 2.75 bits per heavy atom. The number of H-pyrrole nitrogens is 1. The molecule has 0 radical (unpaired) electrons. The number of carboxylic acids is 1. The molecular formula is C7H7IN2O2. The number of nitrogens with zero attached hydrogens (tertiary/aromatic N) is 1. The van der Waals surface area contributed by atoms with E-state index in [1.54, 1.807) is 0 Å². The van der Waals surface area contributed by atoms with Crippen molar-refractivity contribution in [3.63, 3.8) is 0 Å². The highest BCUT2D eigenvalue weighted by molar-refractivity contribution is 14.1. The van der Waals surface area contributed by atoms with Crippen LogP contribution in [0.5, 0.6) is 0 Å². The summed E-state index contributed by atoms with van der Waals surface area (Å²) in [5.41, 5.74) is 0.994. The van der Waals surface area contributed by atoms with Gasteiger partial charge in [-0.25, -0.2) is 9.78 Å². The summed E-state index contributed by atoms with van der Waals surface area (Å²) in [4.78, 5) is 17.2. The average molecular weight is 278 g/mol. The van der Waals surface area contributed by atoms with Gasteiger partial charge in [-0.2, -0.15) is 0 Å². The molecule has 1 aromatic rings. The van der Waals surface area contributed by atoms with Crippen LogP contribution in [0.4, 0.5) is 0 Å². The van der Waals surface area contributed by atoms with E-state index >= 15 is 0 Å². The van der Waals surface area contributed by atoms with E-state index < -0.39 is 5.97 Å². The van der Waals surface area contributed by atoms with Gasteiger partial charge in [0.2, 0.25) is 5.82 Å². The number of aromatic nitrogens is 2. The van der Waals surface area contributed by atoms with E-state index in [2.05, 4.69) is 32.6 Å². The Bertz CT molecular complexity index is 330. The zero-order valence-electron chi connectivity index (χ0n) is 6.17. The number of imidazole rings is 1. The predicted molar refractivity (Wildman–Crippen MR) is 50.2 cm³/mol. The Morgan fingerprint density at radius 1 is 1.67 bits per heavy atom. The van der Waals surface area contributed by atoms with E-state index in [4.69, 9.17) is 5.11 Å². The number of aromatic amines is 1. The second kappa shape index (κ2) is 2.72. The fourth-order valence-electron chi connectivity index (χ4n) is 1.11. The average Bonchev–Trinajstić information content (AvgIpc) is 2.75. The molecule has 12 heavy (non-hydrogen) atoms. The minimum Gasteiger partial charge on any atom is -0.475 e.